The molecule has 0 unspecified atom stereocenters. The number of nitrogens with one attached hydrogen (secondary N) is 2. The van der Waals surface area contributed by atoms with Crippen LogP contribution in [-0.2, 0) is 9.59 Å². The second-order valence-electron chi connectivity index (χ2n) is 2.77. The maximum Gasteiger partial charge on any atom is 0.262 e. The van der Waals surface area contributed by atoms with E-state index in [1.165, 1.54) is 5.48 Å². The van der Waals surface area contributed by atoms with Gasteiger partial charge in [-0.3, -0.25) is 14.8 Å². The van der Waals surface area contributed by atoms with E-state index in [1.807, 2.05) is 0 Å². The highest BCUT2D eigenvalue weighted by Crippen LogP contribution is 1.97. The molecule has 0 saturated heterocycles. The highest BCUT2D eigenvalue weighted by atomic mass is 16.5. The largest absolute Gasteiger partial charge is 0.347 e. The predicted molar refractivity (Wildman–Crippen MR) is 47.1 cm³/mol. The number of hydrogen-bond acceptors (Lipinski definition) is 3. The molecule has 0 radical (unpaired) electrons. The van der Waals surface area contributed by atoms with E-state index in [-0.39, 0.29) is 12.5 Å². The molecule has 0 aliphatic carbocycles. The first-order valence-electron chi connectivity index (χ1n) is 4.40. The van der Waals surface area contributed by atoms with Gasteiger partial charge in [0.15, 0.2) is 0 Å². The van der Waals surface area contributed by atoms with E-state index in [1.54, 1.807) is 0 Å². The van der Waals surface area contributed by atoms with Crippen molar-refractivity contribution in [1.82, 2.24) is 10.8 Å². The molecule has 0 aromatic carbocycles. The highest BCUT2D eigenvalue weighted by molar-refractivity contribution is 5.83. The van der Waals surface area contributed by atoms with Crippen LogP contribution in [0.25, 0.3) is 0 Å². The number of rotatable bonds is 6. The fourth-order valence-corrected chi connectivity index (χ4v) is 0.842. The zero-order chi connectivity index (χ0) is 10.1. The van der Waals surface area contributed by atoms with E-state index >= 15 is 0 Å². The number of hydroxylamine groups is 1. The van der Waals surface area contributed by atoms with E-state index < -0.39 is 5.91 Å². The van der Waals surface area contributed by atoms with Gasteiger partial charge in [-0.1, -0.05) is 19.8 Å². The van der Waals surface area contributed by atoms with Gasteiger partial charge in [0.25, 0.3) is 5.91 Å². The van der Waals surface area contributed by atoms with Crippen molar-refractivity contribution < 1.29 is 14.8 Å². The molecule has 0 aromatic rings. The molecule has 0 aliphatic heterocycles. The Hall–Kier alpha value is -1.10. The van der Waals surface area contributed by atoms with Gasteiger partial charge in [-0.05, 0) is 6.42 Å². The Kier molecular flexibility index (Phi) is 6.91. The molecule has 0 bridgehead atoms. The Morgan fingerprint density at radius 3 is 2.46 bits per heavy atom. The van der Waals surface area contributed by atoms with Crippen molar-refractivity contribution in [3.8, 4) is 0 Å². The molecule has 13 heavy (non-hydrogen) atoms. The fourth-order valence-electron chi connectivity index (χ4n) is 0.842. The van der Waals surface area contributed by atoms with Crippen LogP contribution in [-0.4, -0.2) is 23.6 Å². The zero-order valence-corrected chi connectivity index (χ0v) is 7.80. The van der Waals surface area contributed by atoms with Gasteiger partial charge in [-0.15, -0.1) is 0 Å². The van der Waals surface area contributed by atoms with Gasteiger partial charge in [-0.2, -0.15) is 0 Å². The van der Waals surface area contributed by atoms with Crippen LogP contribution >= 0.6 is 0 Å². The maximum atomic E-state index is 11.0. The Morgan fingerprint density at radius 1 is 1.23 bits per heavy atom. The Balaban J connectivity index is 3.35. The van der Waals surface area contributed by atoms with Crippen LogP contribution in [0.1, 0.15) is 32.6 Å². The van der Waals surface area contributed by atoms with Crippen LogP contribution in [0.2, 0.25) is 0 Å². The topological polar surface area (TPSA) is 78.4 Å². The first-order chi connectivity index (χ1) is 6.20. The van der Waals surface area contributed by atoms with E-state index in [0.717, 1.165) is 19.3 Å². The molecule has 0 rings (SSSR count). The third kappa shape index (κ3) is 7.27. The number of amides is 2. The third-order valence-corrected chi connectivity index (χ3v) is 1.58. The summed E-state index contributed by atoms with van der Waals surface area (Å²) in [6.45, 7) is 1.89. The predicted octanol–water partition coefficient (Wildman–Crippen LogP) is 0.188. The average Bonchev–Trinajstić information content (AvgIpc) is 2.14. The molecule has 0 fully saturated rings. The normalized spacial score (nSPS) is 9.38. The van der Waals surface area contributed by atoms with Crippen LogP contribution < -0.4 is 10.8 Å². The summed E-state index contributed by atoms with van der Waals surface area (Å²) >= 11 is 0. The summed E-state index contributed by atoms with van der Waals surface area (Å²) < 4.78 is 0. The van der Waals surface area contributed by atoms with Crippen molar-refractivity contribution in [2.24, 2.45) is 0 Å². The van der Waals surface area contributed by atoms with Crippen molar-refractivity contribution in [3.63, 3.8) is 0 Å². The summed E-state index contributed by atoms with van der Waals surface area (Å²) in [5.74, 6) is -0.763. The molecule has 0 aromatic heterocycles. The van der Waals surface area contributed by atoms with Gasteiger partial charge in [0.05, 0.1) is 6.54 Å². The van der Waals surface area contributed by atoms with Crippen molar-refractivity contribution in [2.45, 2.75) is 32.6 Å². The van der Waals surface area contributed by atoms with Gasteiger partial charge < -0.3 is 5.32 Å². The number of carbonyl (C=O) groups is 2. The lowest BCUT2D eigenvalue weighted by molar-refractivity contribution is -0.131. The van der Waals surface area contributed by atoms with Crippen molar-refractivity contribution in [1.29, 1.82) is 0 Å². The smallest absolute Gasteiger partial charge is 0.262 e. The summed E-state index contributed by atoms with van der Waals surface area (Å²) in [6, 6.07) is 0. The SMILES string of the molecule is CCCCCC(=O)NCC(=O)NO. The number of carbonyl (C=O) groups excluding carboxylic acids is 2. The van der Waals surface area contributed by atoms with Gasteiger partial charge in [0.1, 0.15) is 0 Å². The first-order valence-corrected chi connectivity index (χ1v) is 4.40. The molecule has 2 amide bonds. The molecule has 3 N–H and O–H groups in total. The van der Waals surface area contributed by atoms with Crippen LogP contribution in [0.4, 0.5) is 0 Å². The minimum Gasteiger partial charge on any atom is -0.347 e. The maximum absolute atomic E-state index is 11.0. The van der Waals surface area contributed by atoms with E-state index in [4.69, 9.17) is 5.21 Å². The van der Waals surface area contributed by atoms with E-state index in [9.17, 15) is 9.59 Å². The Labute approximate surface area is 77.5 Å². The van der Waals surface area contributed by atoms with Crippen LogP contribution in [0.5, 0.6) is 0 Å². The third-order valence-electron chi connectivity index (χ3n) is 1.58. The standard InChI is InChI=1S/C8H16N2O3/c1-2-3-4-5-7(11)9-6-8(12)10-13/h13H,2-6H2,1H3,(H,9,11)(H,10,12). The first kappa shape index (κ1) is 11.9. The molecule has 0 aliphatic rings. The summed E-state index contributed by atoms with van der Waals surface area (Å²) in [5, 5.41) is 10.5. The average molecular weight is 188 g/mol. The monoisotopic (exact) mass is 188 g/mol. The van der Waals surface area contributed by atoms with Crippen molar-refractivity contribution >= 4 is 11.8 Å². The summed E-state index contributed by atoms with van der Waals surface area (Å²) in [4.78, 5) is 21.4. The summed E-state index contributed by atoms with van der Waals surface area (Å²) in [5.41, 5.74) is 1.43. The molecule has 0 atom stereocenters. The second-order valence-corrected chi connectivity index (χ2v) is 2.77. The van der Waals surface area contributed by atoms with Crippen LogP contribution in [0.3, 0.4) is 0 Å². The molecular formula is C8H16N2O3. The molecule has 76 valence electrons. The molecular weight excluding hydrogens is 172 g/mol. The summed E-state index contributed by atoms with van der Waals surface area (Å²) in [6.07, 6.45) is 3.35. The van der Waals surface area contributed by atoms with Crippen molar-refractivity contribution in [3.05, 3.63) is 0 Å². The Bertz CT molecular complexity index is 171. The molecule has 5 heteroatoms. The van der Waals surface area contributed by atoms with E-state index in [2.05, 4.69) is 12.2 Å². The zero-order valence-electron chi connectivity index (χ0n) is 7.80. The summed E-state index contributed by atoms with van der Waals surface area (Å²) in [7, 11) is 0. The van der Waals surface area contributed by atoms with Gasteiger partial charge >= 0.3 is 0 Å². The fraction of sp³-hybridized carbons (Fsp3) is 0.750. The lowest BCUT2D eigenvalue weighted by Gasteiger charge is -2.02. The minimum absolute atomic E-state index is 0.156. The lowest BCUT2D eigenvalue weighted by atomic mass is 10.2. The number of hydrogen-bond donors (Lipinski definition) is 3. The van der Waals surface area contributed by atoms with Gasteiger partial charge in [0.2, 0.25) is 5.91 Å². The van der Waals surface area contributed by atoms with Crippen molar-refractivity contribution in [2.75, 3.05) is 6.54 Å². The van der Waals surface area contributed by atoms with Crippen LogP contribution in [0.15, 0.2) is 0 Å². The van der Waals surface area contributed by atoms with Gasteiger partial charge in [0, 0.05) is 6.42 Å². The van der Waals surface area contributed by atoms with E-state index in [0.29, 0.717) is 6.42 Å². The molecule has 0 heterocycles. The molecule has 5 nitrogen and oxygen atoms in total. The second kappa shape index (κ2) is 7.54. The van der Waals surface area contributed by atoms with Gasteiger partial charge in [-0.25, -0.2) is 5.48 Å². The molecule has 0 saturated carbocycles. The lowest BCUT2D eigenvalue weighted by Crippen LogP contribution is -2.35. The minimum atomic E-state index is -0.608. The quantitative estimate of drug-likeness (QED) is 0.316. The number of unbranched alkanes of at least 4 members (excludes halogenated alkanes) is 2. The highest BCUT2D eigenvalue weighted by Gasteiger charge is 2.03. The molecule has 0 spiro atoms. The Morgan fingerprint density at radius 2 is 1.92 bits per heavy atom. The van der Waals surface area contributed by atoms with Crippen LogP contribution in [0, 0.1) is 0 Å².